The first-order chi connectivity index (χ1) is 13.2. The van der Waals surface area contributed by atoms with Gasteiger partial charge in [0.05, 0.1) is 18.8 Å². The molecule has 1 aromatic carbocycles. The number of carbonyl (C=O) groups is 1. The number of hydrogen-bond donors (Lipinski definition) is 0. The van der Waals surface area contributed by atoms with Gasteiger partial charge in [-0.15, -0.1) is 0 Å². The van der Waals surface area contributed by atoms with Gasteiger partial charge in [0.2, 0.25) is 0 Å². The van der Waals surface area contributed by atoms with Crippen molar-refractivity contribution in [1.82, 2.24) is 0 Å². The molecular weight excluding hydrogens is 336 g/mol. The van der Waals surface area contributed by atoms with Gasteiger partial charge in [0, 0.05) is 0 Å². The predicted octanol–water partition coefficient (Wildman–Crippen LogP) is 6.80. The van der Waals surface area contributed by atoms with Crippen molar-refractivity contribution >= 4 is 5.97 Å². The number of unbranched alkanes of at least 4 members (excludes halogenated alkanes) is 2. The third-order valence-electron chi connectivity index (χ3n) is 5.76. The van der Waals surface area contributed by atoms with Crippen molar-refractivity contribution in [2.24, 2.45) is 11.8 Å². The van der Waals surface area contributed by atoms with Crippen molar-refractivity contribution in [3.8, 4) is 5.75 Å². The minimum atomic E-state index is -0.255. The average Bonchev–Trinajstić information content (AvgIpc) is 2.71. The fourth-order valence-electron chi connectivity index (χ4n) is 4.20. The maximum Gasteiger partial charge on any atom is 0.338 e. The van der Waals surface area contributed by atoms with Gasteiger partial charge in [-0.2, -0.15) is 0 Å². The Hall–Kier alpha value is -1.51. The van der Waals surface area contributed by atoms with Crippen LogP contribution in [0.4, 0.5) is 0 Å². The van der Waals surface area contributed by atoms with Crippen LogP contribution in [0.5, 0.6) is 5.75 Å². The Morgan fingerprint density at radius 2 is 1.56 bits per heavy atom. The number of benzene rings is 1. The molecule has 0 radical (unpaired) electrons. The van der Waals surface area contributed by atoms with Crippen LogP contribution in [0.15, 0.2) is 24.3 Å². The third kappa shape index (κ3) is 7.94. The molecule has 1 fully saturated rings. The smallest absolute Gasteiger partial charge is 0.338 e. The van der Waals surface area contributed by atoms with Crippen LogP contribution in [0.3, 0.4) is 0 Å². The molecular formula is C24H38O3. The van der Waals surface area contributed by atoms with Gasteiger partial charge in [0.15, 0.2) is 0 Å². The lowest BCUT2D eigenvalue weighted by Crippen LogP contribution is -2.20. The molecule has 3 heteroatoms. The Morgan fingerprint density at radius 3 is 2.19 bits per heavy atom. The van der Waals surface area contributed by atoms with Crippen LogP contribution in [0.2, 0.25) is 0 Å². The van der Waals surface area contributed by atoms with Crippen LogP contribution >= 0.6 is 0 Å². The maximum absolute atomic E-state index is 11.8. The molecule has 27 heavy (non-hydrogen) atoms. The van der Waals surface area contributed by atoms with Crippen molar-refractivity contribution in [3.63, 3.8) is 0 Å². The van der Waals surface area contributed by atoms with Crippen LogP contribution in [0, 0.1) is 11.8 Å². The monoisotopic (exact) mass is 374 g/mol. The standard InChI is InChI=1S/C24H38O3/c1-3-5-6-10-20-11-7-8-12-21(20)13-9-19-26-23-16-14-22(15-17-23)24(25)27-18-4-2/h14-17,20-21H,3-13,18-19H2,1-2H3. The van der Waals surface area contributed by atoms with E-state index in [1.807, 2.05) is 19.1 Å². The second kappa shape index (κ2) is 12.8. The summed E-state index contributed by atoms with van der Waals surface area (Å²) in [5, 5.41) is 0. The molecule has 1 aromatic rings. The highest BCUT2D eigenvalue weighted by molar-refractivity contribution is 5.89. The highest BCUT2D eigenvalue weighted by Gasteiger charge is 2.24. The highest BCUT2D eigenvalue weighted by atomic mass is 16.5. The SMILES string of the molecule is CCCCCC1CCCCC1CCCOc1ccc(C(=O)OCCC)cc1. The van der Waals surface area contributed by atoms with Crippen molar-refractivity contribution in [3.05, 3.63) is 29.8 Å². The minimum Gasteiger partial charge on any atom is -0.494 e. The van der Waals surface area contributed by atoms with E-state index in [0.29, 0.717) is 12.2 Å². The Bertz CT molecular complexity index is 523. The molecule has 0 aromatic heterocycles. The number of esters is 1. The molecule has 1 aliphatic rings. The second-order valence-electron chi connectivity index (χ2n) is 7.95. The van der Waals surface area contributed by atoms with Crippen molar-refractivity contribution in [2.75, 3.05) is 13.2 Å². The fraction of sp³-hybridized carbons (Fsp3) is 0.708. The van der Waals surface area contributed by atoms with Crippen LogP contribution in [0.25, 0.3) is 0 Å². The van der Waals surface area contributed by atoms with Crippen LogP contribution < -0.4 is 4.74 Å². The number of hydrogen-bond acceptors (Lipinski definition) is 3. The van der Waals surface area contributed by atoms with Crippen molar-refractivity contribution in [1.29, 1.82) is 0 Å². The zero-order valence-corrected chi connectivity index (χ0v) is 17.4. The average molecular weight is 375 g/mol. The summed E-state index contributed by atoms with van der Waals surface area (Å²) in [7, 11) is 0. The first-order valence-electron chi connectivity index (χ1n) is 11.1. The van der Waals surface area contributed by atoms with E-state index in [1.54, 1.807) is 12.1 Å². The summed E-state index contributed by atoms with van der Waals surface area (Å²) in [6.45, 7) is 5.51. The van der Waals surface area contributed by atoms with E-state index in [9.17, 15) is 4.79 Å². The van der Waals surface area contributed by atoms with Crippen LogP contribution in [-0.4, -0.2) is 19.2 Å². The fourth-order valence-corrected chi connectivity index (χ4v) is 4.20. The Labute approximate surface area is 165 Å². The van der Waals surface area contributed by atoms with Gasteiger partial charge in [0.1, 0.15) is 5.75 Å². The topological polar surface area (TPSA) is 35.5 Å². The molecule has 2 atom stereocenters. The molecule has 2 rings (SSSR count). The summed E-state index contributed by atoms with van der Waals surface area (Å²) in [6.07, 6.45) is 14.5. The van der Waals surface area contributed by atoms with E-state index in [1.165, 1.54) is 57.8 Å². The molecule has 152 valence electrons. The van der Waals surface area contributed by atoms with Crippen LogP contribution in [-0.2, 0) is 4.74 Å². The first kappa shape index (κ1) is 21.8. The zero-order valence-electron chi connectivity index (χ0n) is 17.4. The second-order valence-corrected chi connectivity index (χ2v) is 7.95. The molecule has 2 unspecified atom stereocenters. The third-order valence-corrected chi connectivity index (χ3v) is 5.76. The van der Waals surface area contributed by atoms with E-state index in [4.69, 9.17) is 9.47 Å². The van der Waals surface area contributed by atoms with Gasteiger partial charge >= 0.3 is 5.97 Å². The first-order valence-corrected chi connectivity index (χ1v) is 11.1. The minimum absolute atomic E-state index is 0.255. The molecule has 0 saturated heterocycles. The highest BCUT2D eigenvalue weighted by Crippen LogP contribution is 2.36. The molecule has 0 heterocycles. The summed E-state index contributed by atoms with van der Waals surface area (Å²) < 4.78 is 11.0. The Morgan fingerprint density at radius 1 is 0.889 bits per heavy atom. The van der Waals surface area contributed by atoms with Gasteiger partial charge in [-0.05, 0) is 55.4 Å². The van der Waals surface area contributed by atoms with Crippen LogP contribution in [0.1, 0.15) is 94.8 Å². The lowest BCUT2D eigenvalue weighted by atomic mass is 9.74. The lowest BCUT2D eigenvalue weighted by Gasteiger charge is -2.31. The summed E-state index contributed by atoms with van der Waals surface area (Å²) in [5.41, 5.74) is 0.591. The van der Waals surface area contributed by atoms with Gasteiger partial charge in [-0.1, -0.05) is 65.2 Å². The Kier molecular flexibility index (Phi) is 10.3. The largest absolute Gasteiger partial charge is 0.494 e. The summed E-state index contributed by atoms with van der Waals surface area (Å²) in [4.78, 5) is 11.8. The van der Waals surface area contributed by atoms with E-state index in [0.717, 1.165) is 37.0 Å². The van der Waals surface area contributed by atoms with E-state index < -0.39 is 0 Å². The molecule has 0 bridgehead atoms. The number of carbonyl (C=O) groups excluding carboxylic acids is 1. The molecule has 0 amide bonds. The molecule has 0 N–H and O–H groups in total. The van der Waals surface area contributed by atoms with Gasteiger partial charge < -0.3 is 9.47 Å². The Balaban J connectivity index is 1.68. The predicted molar refractivity (Wildman–Crippen MR) is 111 cm³/mol. The van der Waals surface area contributed by atoms with E-state index >= 15 is 0 Å². The van der Waals surface area contributed by atoms with Gasteiger partial charge in [-0.25, -0.2) is 4.79 Å². The lowest BCUT2D eigenvalue weighted by molar-refractivity contribution is 0.0505. The molecule has 1 aliphatic carbocycles. The van der Waals surface area contributed by atoms with Crippen molar-refractivity contribution in [2.45, 2.75) is 84.5 Å². The van der Waals surface area contributed by atoms with Crippen molar-refractivity contribution < 1.29 is 14.3 Å². The summed E-state index contributed by atoms with van der Waals surface area (Å²) >= 11 is 0. The normalized spacial score (nSPS) is 19.6. The zero-order chi connectivity index (χ0) is 19.3. The summed E-state index contributed by atoms with van der Waals surface area (Å²) in [6, 6.07) is 7.32. The molecule has 0 aliphatic heterocycles. The molecule has 1 saturated carbocycles. The molecule has 0 spiro atoms. The number of rotatable bonds is 12. The van der Waals surface area contributed by atoms with Gasteiger partial charge in [-0.3, -0.25) is 0 Å². The van der Waals surface area contributed by atoms with Gasteiger partial charge in [0.25, 0.3) is 0 Å². The maximum atomic E-state index is 11.8. The van der Waals surface area contributed by atoms with E-state index in [-0.39, 0.29) is 5.97 Å². The number of ether oxygens (including phenoxy) is 2. The molecule has 3 nitrogen and oxygen atoms in total. The van der Waals surface area contributed by atoms with E-state index in [2.05, 4.69) is 6.92 Å². The quantitative estimate of drug-likeness (QED) is 0.298. The summed E-state index contributed by atoms with van der Waals surface area (Å²) in [5.74, 6) is 2.42.